The number of hydrazone groups is 1. The van der Waals surface area contributed by atoms with Crippen LogP contribution in [-0.4, -0.2) is 16.8 Å². The lowest BCUT2D eigenvalue weighted by Gasteiger charge is -2.36. The van der Waals surface area contributed by atoms with E-state index in [1.54, 1.807) is 0 Å². The summed E-state index contributed by atoms with van der Waals surface area (Å²) >= 11 is 0. The van der Waals surface area contributed by atoms with Gasteiger partial charge < -0.3 is 4.74 Å². The van der Waals surface area contributed by atoms with Crippen LogP contribution >= 0.6 is 0 Å². The summed E-state index contributed by atoms with van der Waals surface area (Å²) in [6, 6.07) is 19.4. The molecule has 0 spiro atoms. The Balaban J connectivity index is 1.89. The molecule has 2 aromatic rings. The minimum atomic E-state index is -0.814. The highest BCUT2D eigenvalue weighted by Crippen LogP contribution is 2.31. The van der Waals surface area contributed by atoms with E-state index < -0.39 is 11.7 Å². The number of rotatable bonds is 3. The van der Waals surface area contributed by atoms with Crippen LogP contribution in [0.1, 0.15) is 25.0 Å². The zero-order valence-electron chi connectivity index (χ0n) is 12.7. The average Bonchev–Trinajstić information content (AvgIpc) is 2.54. The van der Waals surface area contributed by atoms with Crippen LogP contribution in [0.2, 0.25) is 0 Å². The molecule has 1 heterocycles. The van der Waals surface area contributed by atoms with Gasteiger partial charge >= 0.3 is 6.09 Å². The zero-order valence-corrected chi connectivity index (χ0v) is 12.7. The van der Waals surface area contributed by atoms with Crippen molar-refractivity contribution in [1.82, 2.24) is 5.01 Å². The minimum Gasteiger partial charge on any atom is -0.431 e. The van der Waals surface area contributed by atoms with Gasteiger partial charge in [-0.15, -0.1) is 0 Å². The van der Waals surface area contributed by atoms with Crippen LogP contribution < -0.4 is 0 Å². The third kappa shape index (κ3) is 2.60. The lowest BCUT2D eigenvalue weighted by atomic mass is 9.91. The molecular formula is C18H18N2O2. The van der Waals surface area contributed by atoms with E-state index in [1.165, 1.54) is 5.01 Å². The second kappa shape index (κ2) is 5.64. The van der Waals surface area contributed by atoms with E-state index >= 15 is 0 Å². The molecule has 1 atom stereocenters. The molecule has 0 radical (unpaired) electrons. The van der Waals surface area contributed by atoms with Crippen LogP contribution in [0.25, 0.3) is 0 Å². The number of hydrogen-bond donors (Lipinski definition) is 0. The van der Waals surface area contributed by atoms with Crippen LogP contribution in [0.15, 0.2) is 65.8 Å². The monoisotopic (exact) mass is 294 g/mol. The molecule has 1 amide bonds. The van der Waals surface area contributed by atoms with E-state index in [9.17, 15) is 4.79 Å². The lowest BCUT2D eigenvalue weighted by molar-refractivity contribution is 0.0236. The highest BCUT2D eigenvalue weighted by atomic mass is 16.6. The molecular weight excluding hydrogens is 276 g/mol. The number of ether oxygens (including phenoxy) is 1. The molecule has 2 aromatic carbocycles. The molecule has 0 aliphatic carbocycles. The van der Waals surface area contributed by atoms with E-state index in [4.69, 9.17) is 4.74 Å². The fourth-order valence-corrected chi connectivity index (χ4v) is 2.50. The molecule has 0 saturated heterocycles. The Morgan fingerprint density at radius 1 is 1.05 bits per heavy atom. The Morgan fingerprint density at radius 3 is 2.27 bits per heavy atom. The first-order chi connectivity index (χ1) is 10.6. The van der Waals surface area contributed by atoms with Gasteiger partial charge in [0, 0.05) is 5.56 Å². The fourth-order valence-electron chi connectivity index (χ4n) is 2.50. The second-order valence-electron chi connectivity index (χ2n) is 5.50. The van der Waals surface area contributed by atoms with Gasteiger partial charge in [-0.25, -0.2) is 4.79 Å². The normalized spacial score (nSPS) is 21.3. The number of hydrogen-bond acceptors (Lipinski definition) is 3. The largest absolute Gasteiger partial charge is 0.431 e. The van der Waals surface area contributed by atoms with Gasteiger partial charge in [-0.3, -0.25) is 0 Å². The summed E-state index contributed by atoms with van der Waals surface area (Å²) in [5.74, 6) is 0. The van der Waals surface area contributed by atoms with E-state index in [-0.39, 0.29) is 0 Å². The number of carbonyl (C=O) groups is 1. The van der Waals surface area contributed by atoms with E-state index in [0.717, 1.165) is 16.8 Å². The fraction of sp³-hybridized carbons (Fsp3) is 0.222. The molecule has 22 heavy (non-hydrogen) atoms. The first kappa shape index (κ1) is 14.3. The predicted molar refractivity (Wildman–Crippen MR) is 85.4 cm³/mol. The lowest BCUT2D eigenvalue weighted by Crippen LogP contribution is -2.46. The van der Waals surface area contributed by atoms with Crippen molar-refractivity contribution >= 4 is 11.8 Å². The Labute approximate surface area is 130 Å². The number of nitrogens with zero attached hydrogens (tertiary/aromatic N) is 2. The highest BCUT2D eigenvalue weighted by molar-refractivity contribution is 5.95. The van der Waals surface area contributed by atoms with E-state index in [1.807, 2.05) is 74.5 Å². The molecule has 0 aromatic heterocycles. The van der Waals surface area contributed by atoms with Gasteiger partial charge in [0.2, 0.25) is 0 Å². The van der Waals surface area contributed by atoms with Gasteiger partial charge in [0.25, 0.3) is 0 Å². The predicted octanol–water partition coefficient (Wildman–Crippen LogP) is 3.93. The van der Waals surface area contributed by atoms with Crippen LogP contribution in [0.5, 0.6) is 0 Å². The Bertz CT molecular complexity index is 698. The van der Waals surface area contributed by atoms with Crippen molar-refractivity contribution in [3.05, 3.63) is 71.8 Å². The summed E-state index contributed by atoms with van der Waals surface area (Å²) in [6.45, 7) is 4.16. The summed E-state index contributed by atoms with van der Waals surface area (Å²) in [4.78, 5) is 12.3. The maximum Gasteiger partial charge on any atom is 0.431 e. The molecule has 1 aliphatic heterocycles. The Morgan fingerprint density at radius 2 is 1.64 bits per heavy atom. The van der Waals surface area contributed by atoms with Crippen molar-refractivity contribution < 1.29 is 9.53 Å². The summed E-state index contributed by atoms with van der Waals surface area (Å²) < 4.78 is 5.71. The zero-order chi connectivity index (χ0) is 15.6. The standard InChI is InChI=1S/C18H18N2O2/c1-14-18(2,16-11-7-4-8-12-16)22-17(21)20(19-14)13-15-9-5-3-6-10-15/h3-12H,13H2,1-2H3. The van der Waals surface area contributed by atoms with Gasteiger partial charge in [-0.05, 0) is 19.4 Å². The van der Waals surface area contributed by atoms with Crippen molar-refractivity contribution in [2.24, 2.45) is 5.10 Å². The van der Waals surface area contributed by atoms with Gasteiger partial charge in [0.1, 0.15) is 0 Å². The van der Waals surface area contributed by atoms with Gasteiger partial charge in [0.05, 0.1) is 12.3 Å². The van der Waals surface area contributed by atoms with Crippen LogP contribution in [0.4, 0.5) is 4.79 Å². The van der Waals surface area contributed by atoms with Crippen LogP contribution in [-0.2, 0) is 16.9 Å². The summed E-state index contributed by atoms with van der Waals surface area (Å²) in [7, 11) is 0. The number of amides is 1. The van der Waals surface area contributed by atoms with Gasteiger partial charge in [-0.2, -0.15) is 10.1 Å². The maximum atomic E-state index is 12.3. The maximum absolute atomic E-state index is 12.3. The third-order valence-electron chi connectivity index (χ3n) is 3.96. The molecule has 3 rings (SSSR count). The molecule has 0 saturated carbocycles. The SMILES string of the molecule is CC1=NN(Cc2ccccc2)C(=O)OC1(C)c1ccccc1. The summed E-state index contributed by atoms with van der Waals surface area (Å²) in [5, 5.41) is 5.83. The average molecular weight is 294 g/mol. The smallest absolute Gasteiger partial charge is 0.431 e. The molecule has 4 nitrogen and oxygen atoms in total. The topological polar surface area (TPSA) is 41.9 Å². The number of cyclic esters (lactones) is 1. The van der Waals surface area contributed by atoms with Gasteiger partial charge in [0.15, 0.2) is 5.60 Å². The Hall–Kier alpha value is -2.62. The van der Waals surface area contributed by atoms with Crippen molar-refractivity contribution in [2.45, 2.75) is 26.0 Å². The molecule has 4 heteroatoms. The Kier molecular flexibility index (Phi) is 3.67. The van der Waals surface area contributed by atoms with E-state index in [0.29, 0.717) is 6.54 Å². The molecule has 0 bridgehead atoms. The van der Waals surface area contributed by atoms with Gasteiger partial charge in [-0.1, -0.05) is 60.7 Å². The molecule has 0 N–H and O–H groups in total. The molecule has 1 aliphatic rings. The van der Waals surface area contributed by atoms with Crippen molar-refractivity contribution in [3.8, 4) is 0 Å². The van der Waals surface area contributed by atoms with E-state index in [2.05, 4.69) is 5.10 Å². The first-order valence-corrected chi connectivity index (χ1v) is 7.25. The highest BCUT2D eigenvalue weighted by Gasteiger charge is 2.40. The quantitative estimate of drug-likeness (QED) is 0.860. The third-order valence-corrected chi connectivity index (χ3v) is 3.96. The summed E-state index contributed by atoms with van der Waals surface area (Å²) in [6.07, 6.45) is -0.430. The second-order valence-corrected chi connectivity index (χ2v) is 5.50. The molecule has 112 valence electrons. The first-order valence-electron chi connectivity index (χ1n) is 7.25. The molecule has 0 fully saturated rings. The molecule has 1 unspecified atom stereocenters. The van der Waals surface area contributed by atoms with Crippen LogP contribution in [0.3, 0.4) is 0 Å². The van der Waals surface area contributed by atoms with Crippen molar-refractivity contribution in [1.29, 1.82) is 0 Å². The number of benzene rings is 2. The van der Waals surface area contributed by atoms with Crippen LogP contribution in [0, 0.1) is 0 Å². The minimum absolute atomic E-state index is 0.405. The summed E-state index contributed by atoms with van der Waals surface area (Å²) in [5.41, 5.74) is 1.88. The van der Waals surface area contributed by atoms with Crippen molar-refractivity contribution in [2.75, 3.05) is 0 Å². The van der Waals surface area contributed by atoms with Crippen molar-refractivity contribution in [3.63, 3.8) is 0 Å². The number of carbonyl (C=O) groups excluding carboxylic acids is 1.